The first-order chi connectivity index (χ1) is 13.6. The molecular formula is C21H18BrClN5+. The van der Waals surface area contributed by atoms with Gasteiger partial charge in [0.05, 0.1) is 11.3 Å². The lowest BCUT2D eigenvalue weighted by Gasteiger charge is -2.37. The van der Waals surface area contributed by atoms with Gasteiger partial charge in [-0.1, -0.05) is 51.8 Å². The van der Waals surface area contributed by atoms with Crippen LogP contribution in [0.1, 0.15) is 12.5 Å². The van der Waals surface area contributed by atoms with Crippen LogP contribution in [-0.2, 0) is 0 Å². The lowest BCUT2D eigenvalue weighted by molar-refractivity contribution is 0.490. The summed E-state index contributed by atoms with van der Waals surface area (Å²) in [5, 5.41) is 9.32. The summed E-state index contributed by atoms with van der Waals surface area (Å²) in [6, 6.07) is 13.7. The minimum atomic E-state index is 0.0907. The van der Waals surface area contributed by atoms with Gasteiger partial charge in [-0.15, -0.1) is 4.59 Å². The van der Waals surface area contributed by atoms with Crippen molar-refractivity contribution in [2.24, 2.45) is 0 Å². The molecule has 2 N–H and O–H groups in total. The van der Waals surface area contributed by atoms with Crippen molar-refractivity contribution in [1.29, 1.82) is 5.41 Å². The van der Waals surface area contributed by atoms with Gasteiger partial charge in [-0.2, -0.15) is 4.98 Å². The third-order valence-electron chi connectivity index (χ3n) is 4.86. The monoisotopic (exact) mass is 454 g/mol. The second-order valence-corrected chi connectivity index (χ2v) is 7.66. The van der Waals surface area contributed by atoms with Gasteiger partial charge in [0.25, 0.3) is 11.7 Å². The number of quaternary nitrogens is 1. The molecule has 1 aliphatic rings. The molecule has 0 saturated carbocycles. The van der Waals surface area contributed by atoms with Crippen LogP contribution < -0.4 is 10.0 Å². The quantitative estimate of drug-likeness (QED) is 0.480. The molecule has 28 heavy (non-hydrogen) atoms. The molecule has 1 aliphatic heterocycles. The molecule has 1 atom stereocenters. The van der Waals surface area contributed by atoms with Gasteiger partial charge in [0, 0.05) is 32.9 Å². The Kier molecular flexibility index (Phi) is 5.02. The highest BCUT2D eigenvalue weighted by molar-refractivity contribution is 9.10. The number of hydrogen-bond donors (Lipinski definition) is 2. The molecule has 3 aromatic rings. The molecule has 2 aromatic carbocycles. The van der Waals surface area contributed by atoms with E-state index >= 15 is 0 Å². The Labute approximate surface area is 176 Å². The molecule has 4 rings (SSSR count). The molecule has 0 fully saturated rings. The van der Waals surface area contributed by atoms with Crippen LogP contribution in [0.5, 0.6) is 0 Å². The Morgan fingerprint density at radius 3 is 2.75 bits per heavy atom. The largest absolute Gasteiger partial charge is 0.269 e. The molecule has 1 aromatic heterocycles. The predicted octanol–water partition coefficient (Wildman–Crippen LogP) is 5.92. The SMILES string of the molecule is CC[N+]1(Nc2ccccc2-c2c(Cl)cccc2Br)C(=N)C=Cc2cncnc21. The number of nitrogens with one attached hydrogen (secondary N) is 2. The van der Waals surface area contributed by atoms with Crippen molar-refractivity contribution < 1.29 is 0 Å². The minimum Gasteiger partial charge on any atom is -0.248 e. The van der Waals surface area contributed by atoms with Crippen molar-refractivity contribution >= 4 is 50.9 Å². The van der Waals surface area contributed by atoms with Gasteiger partial charge in [0.15, 0.2) is 0 Å². The number of aromatic nitrogens is 2. The first-order valence-corrected chi connectivity index (χ1v) is 10.0. The Balaban J connectivity index is 1.88. The summed E-state index contributed by atoms with van der Waals surface area (Å²) in [6.07, 6.45) is 6.95. The molecule has 0 radical (unpaired) electrons. The maximum Gasteiger partial charge on any atom is 0.269 e. The fourth-order valence-corrected chi connectivity index (χ4v) is 4.42. The molecule has 7 heteroatoms. The molecule has 140 valence electrons. The summed E-state index contributed by atoms with van der Waals surface area (Å²) in [5.41, 5.74) is 7.17. The molecule has 0 spiro atoms. The molecule has 5 nitrogen and oxygen atoms in total. The second-order valence-electron chi connectivity index (χ2n) is 6.40. The summed E-state index contributed by atoms with van der Waals surface area (Å²) in [6.45, 7) is 2.63. The number of fused-ring (bicyclic) bond motifs is 1. The number of para-hydroxylation sites is 1. The molecule has 0 aliphatic carbocycles. The zero-order chi connectivity index (χ0) is 19.7. The molecular weight excluding hydrogens is 438 g/mol. The molecule has 0 bridgehead atoms. The number of likely N-dealkylation sites (N-methyl/N-ethyl adjacent to an activating group) is 1. The van der Waals surface area contributed by atoms with Crippen LogP contribution >= 0.6 is 27.5 Å². The maximum atomic E-state index is 8.66. The van der Waals surface area contributed by atoms with Gasteiger partial charge >= 0.3 is 0 Å². The van der Waals surface area contributed by atoms with E-state index in [0.29, 0.717) is 17.4 Å². The zero-order valence-corrected chi connectivity index (χ0v) is 17.5. The second kappa shape index (κ2) is 7.47. The van der Waals surface area contributed by atoms with Crippen molar-refractivity contribution in [1.82, 2.24) is 14.6 Å². The van der Waals surface area contributed by atoms with Gasteiger partial charge in [-0.3, -0.25) is 0 Å². The van der Waals surface area contributed by atoms with E-state index in [1.54, 1.807) is 12.3 Å². The summed E-state index contributed by atoms with van der Waals surface area (Å²) in [4.78, 5) is 8.62. The van der Waals surface area contributed by atoms with Crippen molar-refractivity contribution in [3.8, 4) is 11.1 Å². The van der Waals surface area contributed by atoms with Gasteiger partial charge in [-0.25, -0.2) is 15.8 Å². The van der Waals surface area contributed by atoms with E-state index in [9.17, 15) is 0 Å². The molecule has 0 amide bonds. The highest BCUT2D eigenvalue weighted by Gasteiger charge is 2.41. The minimum absolute atomic E-state index is 0.0907. The third-order valence-corrected chi connectivity index (χ3v) is 5.83. The lowest BCUT2D eigenvalue weighted by Crippen LogP contribution is -2.59. The van der Waals surface area contributed by atoms with Crippen molar-refractivity contribution in [2.45, 2.75) is 6.92 Å². The molecule has 0 saturated heterocycles. The summed E-state index contributed by atoms with van der Waals surface area (Å²) >= 11 is 10.1. The van der Waals surface area contributed by atoms with E-state index in [0.717, 1.165) is 32.7 Å². The summed E-state index contributed by atoms with van der Waals surface area (Å²) in [7, 11) is 0. The number of benzene rings is 2. The average Bonchev–Trinajstić information content (AvgIpc) is 2.71. The van der Waals surface area contributed by atoms with Crippen molar-refractivity contribution in [3.05, 3.63) is 76.1 Å². The summed E-state index contributed by atoms with van der Waals surface area (Å²) in [5.74, 6) is 1.15. The summed E-state index contributed by atoms with van der Waals surface area (Å²) < 4.78 is 1.00. The number of amidine groups is 1. The van der Waals surface area contributed by atoms with Crippen LogP contribution in [0, 0.1) is 5.41 Å². The van der Waals surface area contributed by atoms with E-state index in [1.807, 2.05) is 55.5 Å². The fraction of sp³-hybridized carbons (Fsp3) is 0.0952. The van der Waals surface area contributed by atoms with Crippen LogP contribution in [-0.4, -0.2) is 22.3 Å². The predicted molar refractivity (Wildman–Crippen MR) is 119 cm³/mol. The topological polar surface area (TPSA) is 61.7 Å². The van der Waals surface area contributed by atoms with E-state index in [4.69, 9.17) is 17.0 Å². The zero-order valence-electron chi connectivity index (χ0n) is 15.2. The van der Waals surface area contributed by atoms with Gasteiger partial charge in [0.2, 0.25) is 0 Å². The van der Waals surface area contributed by atoms with E-state index < -0.39 is 0 Å². The standard InChI is InChI=1S/C21H18BrClN5/c1-2-28(19(24)11-10-14-12-25-13-26-21(14)28)27-18-9-4-3-6-15(18)20-16(22)7-5-8-17(20)23/h3-13,24,27H,2H2,1H3/q+1. The Morgan fingerprint density at radius 2 is 1.96 bits per heavy atom. The lowest BCUT2D eigenvalue weighted by atomic mass is 10.0. The first kappa shape index (κ1) is 18.8. The fourth-order valence-electron chi connectivity index (χ4n) is 3.45. The van der Waals surface area contributed by atoms with Crippen LogP contribution in [0.25, 0.3) is 17.2 Å². The normalized spacial score (nSPS) is 18.0. The number of anilines is 1. The average molecular weight is 456 g/mol. The van der Waals surface area contributed by atoms with Crippen LogP contribution in [0.3, 0.4) is 0 Å². The highest BCUT2D eigenvalue weighted by Crippen LogP contribution is 2.40. The van der Waals surface area contributed by atoms with Crippen molar-refractivity contribution in [2.75, 3.05) is 12.0 Å². The number of rotatable bonds is 4. The number of halogens is 2. The van der Waals surface area contributed by atoms with E-state index in [2.05, 4.69) is 31.3 Å². The van der Waals surface area contributed by atoms with E-state index in [1.165, 1.54) is 6.33 Å². The van der Waals surface area contributed by atoms with Crippen LogP contribution in [0.2, 0.25) is 5.02 Å². The Bertz CT molecular complexity index is 1080. The number of nitrogens with zero attached hydrogens (tertiary/aromatic N) is 3. The highest BCUT2D eigenvalue weighted by atomic mass is 79.9. The first-order valence-electron chi connectivity index (χ1n) is 8.84. The smallest absolute Gasteiger partial charge is 0.248 e. The van der Waals surface area contributed by atoms with Crippen LogP contribution in [0.4, 0.5) is 11.5 Å². The van der Waals surface area contributed by atoms with Crippen LogP contribution in [0.15, 0.2) is 65.5 Å². The Morgan fingerprint density at radius 1 is 1.14 bits per heavy atom. The Hall–Kier alpha value is -2.54. The number of hydrogen-bond acceptors (Lipinski definition) is 4. The van der Waals surface area contributed by atoms with Gasteiger partial charge in [-0.05, 0) is 31.2 Å². The van der Waals surface area contributed by atoms with E-state index in [-0.39, 0.29) is 4.59 Å². The van der Waals surface area contributed by atoms with Crippen molar-refractivity contribution in [3.63, 3.8) is 0 Å². The third kappa shape index (κ3) is 3.03. The molecule has 1 unspecified atom stereocenters. The maximum absolute atomic E-state index is 8.66. The van der Waals surface area contributed by atoms with Gasteiger partial charge < -0.3 is 0 Å². The van der Waals surface area contributed by atoms with Gasteiger partial charge in [0.1, 0.15) is 12.9 Å². The molecule has 2 heterocycles.